The molecule has 0 radical (unpaired) electrons. The molecule has 3 rings (SSSR count). The second kappa shape index (κ2) is 9.53. The van der Waals surface area contributed by atoms with Crippen molar-refractivity contribution >= 4 is 23.2 Å². The minimum atomic E-state index is -0.421. The van der Waals surface area contributed by atoms with Crippen LogP contribution in [0.25, 0.3) is 5.69 Å². The molecule has 0 bridgehead atoms. The van der Waals surface area contributed by atoms with Gasteiger partial charge >= 0.3 is 0 Å². The molecule has 1 aromatic heterocycles. The lowest BCUT2D eigenvalue weighted by Gasteiger charge is -2.14. The first-order valence-electron chi connectivity index (χ1n) is 10.0. The maximum absolute atomic E-state index is 13.2. The van der Waals surface area contributed by atoms with E-state index >= 15 is 0 Å². The van der Waals surface area contributed by atoms with Crippen LogP contribution in [-0.4, -0.2) is 41.7 Å². The van der Waals surface area contributed by atoms with Crippen molar-refractivity contribution in [2.45, 2.75) is 20.8 Å². The minimum absolute atomic E-state index is 0.0739. The van der Waals surface area contributed by atoms with E-state index in [1.54, 1.807) is 17.8 Å². The molecule has 0 fully saturated rings. The number of aromatic nitrogens is 2. The Bertz CT molecular complexity index is 1090. The average Bonchev–Trinajstić information content (AvgIpc) is 2.96. The molecule has 7 nitrogen and oxygen atoms in total. The van der Waals surface area contributed by atoms with Crippen LogP contribution in [0.1, 0.15) is 17.0 Å². The molecule has 3 N–H and O–H groups in total. The van der Waals surface area contributed by atoms with Crippen molar-refractivity contribution in [2.75, 3.05) is 30.8 Å². The van der Waals surface area contributed by atoms with Gasteiger partial charge in [0, 0.05) is 5.69 Å². The predicted molar refractivity (Wildman–Crippen MR) is 118 cm³/mol. The first-order chi connectivity index (χ1) is 14.7. The highest BCUT2D eigenvalue weighted by Crippen LogP contribution is 2.22. The lowest BCUT2D eigenvalue weighted by molar-refractivity contribution is -0.862. The van der Waals surface area contributed by atoms with E-state index in [1.165, 1.54) is 18.2 Å². The lowest BCUT2D eigenvalue weighted by Crippen LogP contribution is -3.11. The van der Waals surface area contributed by atoms with Crippen LogP contribution in [0.5, 0.6) is 0 Å². The largest absolute Gasteiger partial charge is 0.322 e. The molecular weight excluding hydrogens is 397 g/mol. The molecule has 2 aromatic carbocycles. The Hall–Kier alpha value is -3.52. The Morgan fingerprint density at radius 3 is 2.29 bits per heavy atom. The molecule has 8 heteroatoms. The topological polar surface area (TPSA) is 80.5 Å². The molecule has 31 heavy (non-hydrogen) atoms. The Labute approximate surface area is 180 Å². The standard InChI is InChI=1S/C23H26FN5O2/c1-15-8-10-20(11-9-15)29-17(3)23(16(2)27-29)26-22(31)14-28(4)13-21(30)25-19-7-5-6-18(24)12-19/h5-12H,13-14H2,1-4H3,(H,25,30)(H,26,31)/p+1. The molecule has 1 atom stereocenters. The predicted octanol–water partition coefficient (Wildman–Crippen LogP) is 2.03. The number of benzene rings is 2. The zero-order valence-electron chi connectivity index (χ0n) is 18.1. The molecule has 0 aliphatic carbocycles. The van der Waals surface area contributed by atoms with Crippen LogP contribution >= 0.6 is 0 Å². The van der Waals surface area contributed by atoms with Crippen LogP contribution in [0.15, 0.2) is 48.5 Å². The number of nitrogens with zero attached hydrogens (tertiary/aromatic N) is 2. The Morgan fingerprint density at radius 1 is 1.00 bits per heavy atom. The van der Waals surface area contributed by atoms with E-state index in [2.05, 4.69) is 15.7 Å². The fraction of sp³-hybridized carbons (Fsp3) is 0.261. The van der Waals surface area contributed by atoms with Crippen molar-refractivity contribution in [1.82, 2.24) is 9.78 Å². The van der Waals surface area contributed by atoms with Crippen LogP contribution in [0.4, 0.5) is 15.8 Å². The van der Waals surface area contributed by atoms with E-state index < -0.39 is 5.82 Å². The maximum atomic E-state index is 13.2. The average molecular weight is 425 g/mol. The fourth-order valence-corrected chi connectivity index (χ4v) is 3.33. The van der Waals surface area contributed by atoms with E-state index in [9.17, 15) is 14.0 Å². The van der Waals surface area contributed by atoms with Crippen molar-refractivity contribution in [3.8, 4) is 5.69 Å². The number of halogens is 1. The second-order valence-electron chi connectivity index (χ2n) is 7.71. The van der Waals surface area contributed by atoms with E-state index in [-0.39, 0.29) is 24.9 Å². The van der Waals surface area contributed by atoms with Gasteiger partial charge in [0.2, 0.25) is 0 Å². The summed E-state index contributed by atoms with van der Waals surface area (Å²) in [4.78, 5) is 25.4. The quantitative estimate of drug-likeness (QED) is 0.543. The highest BCUT2D eigenvalue weighted by molar-refractivity contribution is 5.93. The fourth-order valence-electron chi connectivity index (χ4n) is 3.33. The van der Waals surface area contributed by atoms with Gasteiger partial charge in [-0.1, -0.05) is 23.8 Å². The number of carbonyl (C=O) groups is 2. The molecule has 0 spiro atoms. The normalized spacial score (nSPS) is 11.8. The zero-order valence-corrected chi connectivity index (χ0v) is 18.1. The summed E-state index contributed by atoms with van der Waals surface area (Å²) >= 11 is 0. The van der Waals surface area contributed by atoms with Crippen molar-refractivity contribution < 1.29 is 18.9 Å². The minimum Gasteiger partial charge on any atom is -0.322 e. The molecule has 162 valence electrons. The number of anilines is 2. The smallest absolute Gasteiger partial charge is 0.279 e. The van der Waals surface area contributed by atoms with Gasteiger partial charge < -0.3 is 15.5 Å². The number of quaternary nitrogens is 1. The van der Waals surface area contributed by atoms with Gasteiger partial charge in [-0.05, 0) is 51.1 Å². The highest BCUT2D eigenvalue weighted by Gasteiger charge is 2.19. The van der Waals surface area contributed by atoms with E-state index in [4.69, 9.17) is 0 Å². The van der Waals surface area contributed by atoms with Gasteiger partial charge in [-0.3, -0.25) is 9.59 Å². The summed E-state index contributed by atoms with van der Waals surface area (Å²) in [5.74, 6) is -0.934. The van der Waals surface area contributed by atoms with Gasteiger partial charge in [-0.25, -0.2) is 9.07 Å². The molecule has 0 saturated carbocycles. The van der Waals surface area contributed by atoms with Gasteiger partial charge in [-0.2, -0.15) is 5.10 Å². The number of hydrogen-bond donors (Lipinski definition) is 3. The third-order valence-electron chi connectivity index (χ3n) is 4.87. The number of aryl methyl sites for hydroxylation is 2. The van der Waals surface area contributed by atoms with Crippen molar-refractivity contribution in [3.63, 3.8) is 0 Å². The summed E-state index contributed by atoms with van der Waals surface area (Å²) in [5, 5.41) is 10.1. The highest BCUT2D eigenvalue weighted by atomic mass is 19.1. The number of carbonyl (C=O) groups excluding carboxylic acids is 2. The molecule has 3 aromatic rings. The van der Waals surface area contributed by atoms with Crippen molar-refractivity contribution in [1.29, 1.82) is 0 Å². The van der Waals surface area contributed by atoms with E-state index in [0.717, 1.165) is 16.9 Å². The van der Waals surface area contributed by atoms with Gasteiger partial charge in [0.15, 0.2) is 13.1 Å². The van der Waals surface area contributed by atoms with Crippen LogP contribution in [0.2, 0.25) is 0 Å². The van der Waals surface area contributed by atoms with E-state index in [0.29, 0.717) is 22.0 Å². The lowest BCUT2D eigenvalue weighted by atomic mass is 10.2. The van der Waals surface area contributed by atoms with Gasteiger partial charge in [0.25, 0.3) is 11.8 Å². The first kappa shape index (κ1) is 22.2. The Balaban J connectivity index is 1.59. The van der Waals surface area contributed by atoms with E-state index in [1.807, 2.05) is 45.0 Å². The number of rotatable bonds is 7. The van der Waals surface area contributed by atoms with Gasteiger partial charge in [-0.15, -0.1) is 0 Å². The number of hydrogen-bond acceptors (Lipinski definition) is 3. The first-order valence-corrected chi connectivity index (χ1v) is 10.0. The SMILES string of the molecule is Cc1ccc(-n2nc(C)c(NC(=O)C[NH+](C)CC(=O)Nc3cccc(F)c3)c2C)cc1. The molecule has 0 aliphatic heterocycles. The maximum Gasteiger partial charge on any atom is 0.279 e. The molecule has 2 amide bonds. The van der Waals surface area contributed by atoms with Crippen LogP contribution < -0.4 is 15.5 Å². The molecule has 0 aliphatic rings. The monoisotopic (exact) mass is 424 g/mol. The summed E-state index contributed by atoms with van der Waals surface area (Å²) < 4.78 is 15.0. The van der Waals surface area contributed by atoms with Crippen molar-refractivity contribution in [3.05, 3.63) is 71.3 Å². The van der Waals surface area contributed by atoms with Crippen LogP contribution in [-0.2, 0) is 9.59 Å². The molecular formula is C23H27FN5O2+. The van der Waals surface area contributed by atoms with Crippen LogP contribution in [0, 0.1) is 26.6 Å². The third-order valence-corrected chi connectivity index (χ3v) is 4.87. The summed E-state index contributed by atoms with van der Waals surface area (Å²) in [6.45, 7) is 5.94. The second-order valence-corrected chi connectivity index (χ2v) is 7.71. The summed E-state index contributed by atoms with van der Waals surface area (Å²) in [7, 11) is 1.75. The summed E-state index contributed by atoms with van der Waals surface area (Å²) in [6, 6.07) is 13.7. The summed E-state index contributed by atoms with van der Waals surface area (Å²) in [6.07, 6.45) is 0. The number of amides is 2. The Morgan fingerprint density at radius 2 is 1.65 bits per heavy atom. The molecule has 1 heterocycles. The Kier molecular flexibility index (Phi) is 6.81. The zero-order chi connectivity index (χ0) is 22.5. The summed E-state index contributed by atoms with van der Waals surface area (Å²) in [5.41, 5.74) is 4.68. The third kappa shape index (κ3) is 5.76. The molecule has 1 unspecified atom stereocenters. The van der Waals surface area contributed by atoms with Crippen LogP contribution in [0.3, 0.4) is 0 Å². The number of nitrogens with one attached hydrogen (secondary N) is 3. The van der Waals surface area contributed by atoms with Crippen molar-refractivity contribution in [2.24, 2.45) is 0 Å². The van der Waals surface area contributed by atoms with Gasteiger partial charge in [0.1, 0.15) is 5.82 Å². The molecule has 0 saturated heterocycles. The number of likely N-dealkylation sites (N-methyl/N-ethyl adjacent to an activating group) is 1. The van der Waals surface area contributed by atoms with Gasteiger partial charge in [0.05, 0.1) is 29.8 Å².